The zero-order valence-electron chi connectivity index (χ0n) is 19.4. The molecular formula is C28H34F2O3. The molecule has 2 fully saturated rings. The van der Waals surface area contributed by atoms with Crippen molar-refractivity contribution >= 4 is 0 Å². The molecule has 0 radical (unpaired) electrons. The summed E-state index contributed by atoms with van der Waals surface area (Å²) in [4.78, 5) is 0. The third-order valence-corrected chi connectivity index (χ3v) is 7.14. The second kappa shape index (κ2) is 11.1. The van der Waals surface area contributed by atoms with Crippen molar-refractivity contribution in [2.24, 2.45) is 17.8 Å². The van der Waals surface area contributed by atoms with Gasteiger partial charge in [0.1, 0.15) is 18.2 Å². The minimum Gasteiger partial charge on any atom is -0.491 e. The number of hydrogen-bond acceptors (Lipinski definition) is 3. The summed E-state index contributed by atoms with van der Waals surface area (Å²) in [5, 5.41) is 0. The molecule has 1 aliphatic carbocycles. The molecule has 0 bridgehead atoms. The monoisotopic (exact) mass is 456 g/mol. The molecule has 2 atom stereocenters. The van der Waals surface area contributed by atoms with Gasteiger partial charge in [0, 0.05) is 11.6 Å². The first-order valence-corrected chi connectivity index (χ1v) is 12.2. The molecule has 4 rings (SSSR count). The number of benzene rings is 2. The van der Waals surface area contributed by atoms with Crippen LogP contribution in [-0.4, -0.2) is 25.9 Å². The molecule has 178 valence electrons. The normalized spacial score (nSPS) is 25.4. The largest absolute Gasteiger partial charge is 0.491 e. The highest BCUT2D eigenvalue weighted by Crippen LogP contribution is 2.38. The quantitative estimate of drug-likeness (QED) is 0.393. The molecule has 0 N–H and O–H groups in total. The fraction of sp³-hybridized carbons (Fsp3) is 0.500. The van der Waals surface area contributed by atoms with Crippen LogP contribution in [0, 0.1) is 29.4 Å². The van der Waals surface area contributed by atoms with E-state index in [1.165, 1.54) is 43.9 Å². The van der Waals surface area contributed by atoms with Crippen molar-refractivity contribution < 1.29 is 23.0 Å². The van der Waals surface area contributed by atoms with E-state index in [0.29, 0.717) is 41.9 Å². The minimum absolute atomic E-state index is 0.0358. The Kier molecular flexibility index (Phi) is 8.02. The first-order valence-electron chi connectivity index (χ1n) is 12.2. The Morgan fingerprint density at radius 2 is 1.73 bits per heavy atom. The van der Waals surface area contributed by atoms with Crippen LogP contribution < -0.4 is 9.47 Å². The molecule has 1 saturated carbocycles. The second-order valence-electron chi connectivity index (χ2n) is 9.23. The SMILES string of the molecule is C=CC1CCC(C2CCC(COc3ccc(-c4ccc(OCC)c(F)c4)c(F)c3)OC2)CC1. The Labute approximate surface area is 195 Å². The van der Waals surface area contributed by atoms with Gasteiger partial charge in [-0.25, -0.2) is 8.78 Å². The summed E-state index contributed by atoms with van der Waals surface area (Å²) in [5.41, 5.74) is 0.788. The highest BCUT2D eigenvalue weighted by molar-refractivity contribution is 5.66. The molecule has 2 unspecified atom stereocenters. The fourth-order valence-corrected chi connectivity index (χ4v) is 5.13. The van der Waals surface area contributed by atoms with Crippen molar-refractivity contribution in [2.75, 3.05) is 19.8 Å². The highest BCUT2D eigenvalue weighted by Gasteiger charge is 2.31. The third kappa shape index (κ3) is 5.94. The average Bonchev–Trinajstić information content (AvgIpc) is 2.85. The molecular weight excluding hydrogens is 422 g/mol. The van der Waals surface area contributed by atoms with Crippen LogP contribution in [0.2, 0.25) is 0 Å². The minimum atomic E-state index is -0.504. The number of hydrogen-bond donors (Lipinski definition) is 0. The molecule has 0 aromatic heterocycles. The summed E-state index contributed by atoms with van der Waals surface area (Å²) >= 11 is 0. The molecule has 3 nitrogen and oxygen atoms in total. The van der Waals surface area contributed by atoms with Gasteiger partial charge in [-0.15, -0.1) is 6.58 Å². The van der Waals surface area contributed by atoms with E-state index in [0.717, 1.165) is 25.4 Å². The Bertz CT molecular complexity index is 929. The van der Waals surface area contributed by atoms with Gasteiger partial charge in [0.25, 0.3) is 0 Å². The first-order chi connectivity index (χ1) is 16.1. The van der Waals surface area contributed by atoms with E-state index in [-0.39, 0.29) is 11.9 Å². The van der Waals surface area contributed by atoms with Crippen molar-refractivity contribution in [3.63, 3.8) is 0 Å². The summed E-state index contributed by atoms with van der Waals surface area (Å²) in [6, 6.07) is 9.17. The summed E-state index contributed by atoms with van der Waals surface area (Å²) in [7, 11) is 0. The summed E-state index contributed by atoms with van der Waals surface area (Å²) in [6.45, 7) is 7.29. The van der Waals surface area contributed by atoms with Gasteiger partial charge in [-0.2, -0.15) is 0 Å². The lowest BCUT2D eigenvalue weighted by Crippen LogP contribution is -2.35. The fourth-order valence-electron chi connectivity index (χ4n) is 5.13. The maximum Gasteiger partial charge on any atom is 0.165 e. The van der Waals surface area contributed by atoms with Gasteiger partial charge in [-0.1, -0.05) is 12.1 Å². The average molecular weight is 457 g/mol. The Balaban J connectivity index is 1.27. The molecule has 2 aromatic rings. The van der Waals surface area contributed by atoms with Crippen LogP contribution in [0.1, 0.15) is 45.4 Å². The van der Waals surface area contributed by atoms with E-state index in [4.69, 9.17) is 14.2 Å². The van der Waals surface area contributed by atoms with Gasteiger partial charge in [0.2, 0.25) is 0 Å². The highest BCUT2D eigenvalue weighted by atomic mass is 19.1. The second-order valence-corrected chi connectivity index (χ2v) is 9.23. The number of rotatable bonds is 8. The molecule has 1 aliphatic heterocycles. The molecule has 33 heavy (non-hydrogen) atoms. The van der Waals surface area contributed by atoms with Crippen molar-refractivity contribution in [3.05, 3.63) is 60.7 Å². The standard InChI is InChI=1S/C28H34F2O3/c1-3-19-5-7-20(8-6-19)22-9-11-24(32-17-22)18-33-23-12-13-25(26(29)16-23)21-10-14-28(31-4-2)27(30)15-21/h3,10,12-16,19-20,22,24H,1,4-9,11,17-18H2,2H3. The number of halogens is 2. The molecule has 2 aromatic carbocycles. The smallest absolute Gasteiger partial charge is 0.165 e. The Morgan fingerprint density at radius 1 is 0.939 bits per heavy atom. The van der Waals surface area contributed by atoms with Gasteiger partial charge in [0.15, 0.2) is 11.6 Å². The van der Waals surface area contributed by atoms with Crippen molar-refractivity contribution in [1.82, 2.24) is 0 Å². The van der Waals surface area contributed by atoms with Gasteiger partial charge in [-0.3, -0.25) is 0 Å². The number of allylic oxidation sites excluding steroid dienone is 1. The zero-order chi connectivity index (χ0) is 23.2. The molecule has 2 aliphatic rings. The van der Waals surface area contributed by atoms with Gasteiger partial charge < -0.3 is 14.2 Å². The van der Waals surface area contributed by atoms with Crippen LogP contribution in [0.15, 0.2) is 49.1 Å². The molecule has 5 heteroatoms. The predicted molar refractivity (Wildman–Crippen MR) is 127 cm³/mol. The van der Waals surface area contributed by atoms with E-state index in [1.54, 1.807) is 25.1 Å². The summed E-state index contributed by atoms with van der Waals surface area (Å²) in [6.07, 6.45) is 9.32. The van der Waals surface area contributed by atoms with Crippen LogP contribution in [-0.2, 0) is 4.74 Å². The summed E-state index contributed by atoms with van der Waals surface area (Å²) in [5.74, 6) is 1.76. The van der Waals surface area contributed by atoms with Crippen molar-refractivity contribution in [3.8, 4) is 22.6 Å². The maximum absolute atomic E-state index is 14.7. The lowest BCUT2D eigenvalue weighted by atomic mass is 9.74. The van der Waals surface area contributed by atoms with E-state index < -0.39 is 11.6 Å². The number of ether oxygens (including phenoxy) is 3. The molecule has 1 heterocycles. The van der Waals surface area contributed by atoms with Crippen LogP contribution in [0.4, 0.5) is 8.78 Å². The maximum atomic E-state index is 14.7. The van der Waals surface area contributed by atoms with Crippen molar-refractivity contribution in [2.45, 2.75) is 51.6 Å². The van der Waals surface area contributed by atoms with Crippen LogP contribution in [0.5, 0.6) is 11.5 Å². The van der Waals surface area contributed by atoms with E-state index >= 15 is 0 Å². The zero-order valence-corrected chi connectivity index (χ0v) is 19.4. The van der Waals surface area contributed by atoms with Gasteiger partial charge >= 0.3 is 0 Å². The van der Waals surface area contributed by atoms with Crippen molar-refractivity contribution in [1.29, 1.82) is 0 Å². The predicted octanol–water partition coefficient (Wildman–Crippen LogP) is 7.20. The van der Waals surface area contributed by atoms with E-state index in [9.17, 15) is 8.78 Å². The first kappa shape index (κ1) is 23.7. The third-order valence-electron chi connectivity index (χ3n) is 7.14. The lowest BCUT2D eigenvalue weighted by Gasteiger charge is -2.37. The van der Waals surface area contributed by atoms with E-state index in [1.807, 2.05) is 0 Å². The van der Waals surface area contributed by atoms with Gasteiger partial charge in [0.05, 0.1) is 19.3 Å². The molecule has 0 spiro atoms. The van der Waals surface area contributed by atoms with Crippen LogP contribution in [0.3, 0.4) is 0 Å². The van der Waals surface area contributed by atoms with Crippen LogP contribution >= 0.6 is 0 Å². The van der Waals surface area contributed by atoms with Crippen LogP contribution in [0.25, 0.3) is 11.1 Å². The topological polar surface area (TPSA) is 27.7 Å². The van der Waals surface area contributed by atoms with Gasteiger partial charge in [-0.05, 0) is 93.0 Å². The molecule has 0 amide bonds. The summed E-state index contributed by atoms with van der Waals surface area (Å²) < 4.78 is 46.0. The Hall–Kier alpha value is -2.40. The lowest BCUT2D eigenvalue weighted by molar-refractivity contribution is -0.0553. The Morgan fingerprint density at radius 3 is 2.36 bits per heavy atom. The van der Waals surface area contributed by atoms with E-state index in [2.05, 4.69) is 12.7 Å². The molecule has 1 saturated heterocycles.